The fourth-order valence-electron chi connectivity index (χ4n) is 5.49. The molecule has 11 heteroatoms. The van der Waals surface area contributed by atoms with Crippen LogP contribution in [-0.4, -0.2) is 36.8 Å². The van der Waals surface area contributed by atoms with Gasteiger partial charge in [0, 0.05) is 17.1 Å². The maximum absolute atomic E-state index is 12.9. The number of alkyl halides is 3. The molecular weight excluding hydrogens is 575 g/mol. The van der Waals surface area contributed by atoms with Crippen LogP contribution in [0.25, 0.3) is 22.2 Å². The van der Waals surface area contributed by atoms with Crippen LogP contribution in [0.5, 0.6) is 5.75 Å². The summed E-state index contributed by atoms with van der Waals surface area (Å²) >= 11 is 0. The lowest BCUT2D eigenvalue weighted by molar-refractivity contribution is -0.137. The Balaban J connectivity index is 1.20. The molecule has 0 bridgehead atoms. The molecule has 8 nitrogen and oxygen atoms in total. The number of carbonyl (C=O) groups excluding carboxylic acids is 1. The Labute approximate surface area is 251 Å². The molecule has 0 radical (unpaired) electrons. The fourth-order valence-corrected chi connectivity index (χ4v) is 5.49. The second kappa shape index (κ2) is 12.2. The minimum atomic E-state index is -4.44. The number of nitrogens with one attached hydrogen (secondary N) is 1. The van der Waals surface area contributed by atoms with Gasteiger partial charge in [0.25, 0.3) is 0 Å². The zero-order valence-corrected chi connectivity index (χ0v) is 23.9. The maximum atomic E-state index is 12.9. The Morgan fingerprint density at radius 1 is 1.11 bits per heavy atom. The van der Waals surface area contributed by atoms with Crippen molar-refractivity contribution in [3.8, 4) is 23.1 Å². The van der Waals surface area contributed by atoms with Gasteiger partial charge in [-0.1, -0.05) is 24.3 Å². The van der Waals surface area contributed by atoms with Gasteiger partial charge >= 0.3 is 12.3 Å². The van der Waals surface area contributed by atoms with Gasteiger partial charge in [-0.25, -0.2) is 4.79 Å². The quantitative estimate of drug-likeness (QED) is 0.219. The zero-order chi connectivity index (χ0) is 30.8. The lowest BCUT2D eigenvalue weighted by Gasteiger charge is -2.30. The smallest absolute Gasteiger partial charge is 0.416 e. The van der Waals surface area contributed by atoms with E-state index in [1.165, 1.54) is 12.1 Å². The number of carbonyl (C=O) groups is 1. The van der Waals surface area contributed by atoms with Gasteiger partial charge in [0.15, 0.2) is 0 Å². The molecule has 1 aliphatic carbocycles. The summed E-state index contributed by atoms with van der Waals surface area (Å²) in [5.74, 6) is 0.644. The molecule has 3 aromatic carbocycles. The van der Waals surface area contributed by atoms with Crippen LogP contribution in [0.15, 0.2) is 66.7 Å². The first-order valence-corrected chi connectivity index (χ1v) is 14.4. The first-order valence-electron chi connectivity index (χ1n) is 14.4. The summed E-state index contributed by atoms with van der Waals surface area (Å²) in [5.41, 5.74) is 3.26. The highest BCUT2D eigenvalue weighted by Crippen LogP contribution is 2.43. The van der Waals surface area contributed by atoms with Crippen molar-refractivity contribution in [2.75, 3.05) is 25.3 Å². The highest BCUT2D eigenvalue weighted by molar-refractivity contribution is 5.96. The number of benzene rings is 3. The van der Waals surface area contributed by atoms with Crippen molar-refractivity contribution in [3.63, 3.8) is 0 Å². The number of nitriles is 1. The second-order valence-electron chi connectivity index (χ2n) is 10.9. The van der Waals surface area contributed by atoms with E-state index in [-0.39, 0.29) is 18.9 Å². The van der Waals surface area contributed by atoms with E-state index in [0.717, 1.165) is 53.6 Å². The molecule has 1 amide bonds. The molecule has 2 unspecified atom stereocenters. The number of hydrogen-bond acceptors (Lipinski definition) is 6. The summed E-state index contributed by atoms with van der Waals surface area (Å²) in [4.78, 5) is 12.6. The van der Waals surface area contributed by atoms with E-state index in [4.69, 9.17) is 18.9 Å². The third kappa shape index (κ3) is 6.09. The molecule has 2 fully saturated rings. The van der Waals surface area contributed by atoms with Crippen molar-refractivity contribution >= 4 is 22.7 Å². The van der Waals surface area contributed by atoms with E-state index in [9.17, 15) is 23.2 Å². The SMILES string of the molecule is CC(OC(=O)Nc1ccc(-c2c(C#N)c3cc(OCC4COCO4)ccc3n2C2CCC2)cc1)c1ccc(C(F)(F)F)cc1. The maximum Gasteiger partial charge on any atom is 0.416 e. The van der Waals surface area contributed by atoms with Crippen molar-refractivity contribution in [1.82, 2.24) is 4.57 Å². The van der Waals surface area contributed by atoms with Crippen molar-refractivity contribution in [1.29, 1.82) is 5.26 Å². The van der Waals surface area contributed by atoms with Gasteiger partial charge in [0.2, 0.25) is 0 Å². The standard InChI is InChI=1S/C33H30F3N3O5/c1-20(21-5-9-23(10-6-21)33(34,35)36)44-32(40)38-24-11-7-22(8-12-24)31-29(16-37)28-15-26(42-18-27-17-41-19-43-27)13-14-30(28)39(31)25-3-2-4-25/h5-15,20,25,27H,2-4,17-19H2,1H3,(H,38,40). The van der Waals surface area contributed by atoms with E-state index >= 15 is 0 Å². The number of aromatic nitrogens is 1. The summed E-state index contributed by atoms with van der Waals surface area (Å²) < 4.78 is 62.8. The van der Waals surface area contributed by atoms with E-state index in [1.54, 1.807) is 19.1 Å². The van der Waals surface area contributed by atoms with Gasteiger partial charge in [-0.2, -0.15) is 18.4 Å². The van der Waals surface area contributed by atoms with Gasteiger partial charge in [-0.15, -0.1) is 0 Å². The van der Waals surface area contributed by atoms with Crippen LogP contribution in [0.4, 0.5) is 23.7 Å². The highest BCUT2D eigenvalue weighted by atomic mass is 19.4. The van der Waals surface area contributed by atoms with Gasteiger partial charge < -0.3 is 23.5 Å². The number of halogens is 3. The molecule has 1 saturated carbocycles. The molecular formula is C33H30F3N3O5. The monoisotopic (exact) mass is 605 g/mol. The predicted octanol–water partition coefficient (Wildman–Crippen LogP) is 7.99. The summed E-state index contributed by atoms with van der Waals surface area (Å²) in [6.45, 7) is 2.68. The molecule has 228 valence electrons. The lowest BCUT2D eigenvalue weighted by atomic mass is 9.92. The normalized spacial score (nSPS) is 17.6. The Kier molecular flexibility index (Phi) is 8.21. The number of ether oxygens (including phenoxy) is 4. The third-order valence-corrected chi connectivity index (χ3v) is 8.05. The average Bonchev–Trinajstić information content (AvgIpc) is 3.61. The largest absolute Gasteiger partial charge is 0.491 e. The van der Waals surface area contributed by atoms with Gasteiger partial charge in [0.05, 0.1) is 28.9 Å². The third-order valence-electron chi connectivity index (χ3n) is 8.05. The van der Waals surface area contributed by atoms with Gasteiger partial charge in [0.1, 0.15) is 37.4 Å². The number of hydrogen-bond donors (Lipinski definition) is 1. The van der Waals surface area contributed by atoms with Crippen LogP contribution < -0.4 is 10.1 Å². The minimum Gasteiger partial charge on any atom is -0.491 e. The molecule has 2 heterocycles. The van der Waals surface area contributed by atoms with Crippen LogP contribution in [0.3, 0.4) is 0 Å². The van der Waals surface area contributed by atoms with E-state index in [2.05, 4.69) is 16.0 Å². The molecule has 1 aromatic heterocycles. The number of fused-ring (bicyclic) bond motifs is 1. The van der Waals surface area contributed by atoms with Crippen LogP contribution >= 0.6 is 0 Å². The summed E-state index contributed by atoms with van der Waals surface area (Å²) in [6.07, 6.45) is -2.93. The molecule has 0 spiro atoms. The number of nitrogens with zero attached hydrogens (tertiary/aromatic N) is 2. The fraction of sp³-hybridized carbons (Fsp3) is 0.333. The minimum absolute atomic E-state index is 0.131. The average molecular weight is 606 g/mol. The molecule has 4 aromatic rings. The molecule has 2 aliphatic rings. The number of rotatable bonds is 8. The first-order chi connectivity index (χ1) is 21.2. The Morgan fingerprint density at radius 2 is 1.86 bits per heavy atom. The molecule has 44 heavy (non-hydrogen) atoms. The molecule has 6 rings (SSSR count). The highest BCUT2D eigenvalue weighted by Gasteiger charge is 2.31. The van der Waals surface area contributed by atoms with Gasteiger partial charge in [-0.05, 0) is 79.8 Å². The van der Waals surface area contributed by atoms with Crippen LogP contribution in [0.2, 0.25) is 0 Å². The Hall–Kier alpha value is -4.53. The molecule has 2 atom stereocenters. The Bertz CT molecular complexity index is 1680. The summed E-state index contributed by atoms with van der Waals surface area (Å²) in [6, 6.07) is 20.1. The molecule has 1 aliphatic heterocycles. The second-order valence-corrected chi connectivity index (χ2v) is 10.9. The summed E-state index contributed by atoms with van der Waals surface area (Å²) in [5, 5.41) is 13.8. The molecule has 1 N–H and O–H groups in total. The first kappa shape index (κ1) is 29.5. The van der Waals surface area contributed by atoms with Crippen molar-refractivity contribution in [2.45, 2.75) is 50.6 Å². The van der Waals surface area contributed by atoms with Crippen LogP contribution in [0, 0.1) is 11.3 Å². The lowest BCUT2D eigenvalue weighted by Crippen LogP contribution is -2.19. The van der Waals surface area contributed by atoms with Crippen molar-refractivity contribution in [3.05, 3.63) is 83.4 Å². The predicted molar refractivity (Wildman–Crippen MR) is 156 cm³/mol. The van der Waals surface area contributed by atoms with Crippen LogP contribution in [0.1, 0.15) is 55.0 Å². The van der Waals surface area contributed by atoms with E-state index in [0.29, 0.717) is 35.8 Å². The van der Waals surface area contributed by atoms with E-state index in [1.807, 2.05) is 30.3 Å². The number of amides is 1. The van der Waals surface area contributed by atoms with Gasteiger partial charge in [-0.3, -0.25) is 5.32 Å². The summed E-state index contributed by atoms with van der Waals surface area (Å²) in [7, 11) is 0. The topological polar surface area (TPSA) is 94.7 Å². The Morgan fingerprint density at radius 3 is 2.48 bits per heavy atom. The van der Waals surface area contributed by atoms with E-state index < -0.39 is 23.9 Å². The van der Waals surface area contributed by atoms with Crippen LogP contribution in [-0.2, 0) is 20.4 Å². The van der Waals surface area contributed by atoms with Crippen molar-refractivity contribution < 1.29 is 36.9 Å². The number of anilines is 1. The molecule has 1 saturated heterocycles. The zero-order valence-electron chi connectivity index (χ0n) is 23.9. The van der Waals surface area contributed by atoms with Crippen molar-refractivity contribution in [2.24, 2.45) is 0 Å².